The maximum Gasteiger partial charge on any atom is 0.225 e. The van der Waals surface area contributed by atoms with Gasteiger partial charge in [0, 0.05) is 20.0 Å². The quantitative estimate of drug-likeness (QED) is 0.691. The lowest BCUT2D eigenvalue weighted by molar-refractivity contribution is -0.175. The van der Waals surface area contributed by atoms with Crippen LogP contribution in [-0.2, 0) is 4.79 Å². The Kier molecular flexibility index (Phi) is 4.37. The molecule has 2 N–H and O–H groups in total. The van der Waals surface area contributed by atoms with Crippen molar-refractivity contribution in [1.82, 2.24) is 4.90 Å². The molecule has 4 aliphatic rings. The molecule has 0 aromatic rings. The van der Waals surface area contributed by atoms with E-state index in [9.17, 15) is 15.0 Å². The van der Waals surface area contributed by atoms with Gasteiger partial charge in [0.2, 0.25) is 5.91 Å². The van der Waals surface area contributed by atoms with Crippen LogP contribution in [0.2, 0.25) is 0 Å². The number of fused-ring (bicyclic) bond motifs is 5. The van der Waals surface area contributed by atoms with Gasteiger partial charge < -0.3 is 15.1 Å². The number of hydrogen-bond acceptors (Lipinski definition) is 3. The molecule has 0 aliphatic heterocycles. The summed E-state index contributed by atoms with van der Waals surface area (Å²) in [4.78, 5) is 14.6. The van der Waals surface area contributed by atoms with Crippen LogP contribution in [0.1, 0.15) is 65.7 Å². The van der Waals surface area contributed by atoms with Crippen molar-refractivity contribution in [3.8, 4) is 0 Å². The first kappa shape index (κ1) is 19.4. The second-order valence-electron chi connectivity index (χ2n) is 10.9. The third kappa shape index (κ3) is 2.51. The Morgan fingerprint density at radius 2 is 1.81 bits per heavy atom. The zero-order chi connectivity index (χ0) is 19.8. The summed E-state index contributed by atoms with van der Waals surface area (Å²) in [6.45, 7) is 6.98. The number of carbonyl (C=O) groups is 1. The molecule has 8 atom stereocenters. The molecule has 1 amide bonds. The predicted octanol–water partition coefficient (Wildman–Crippen LogP) is 3.38. The van der Waals surface area contributed by atoms with Gasteiger partial charge in [0.15, 0.2) is 0 Å². The van der Waals surface area contributed by atoms with Gasteiger partial charge in [-0.1, -0.05) is 32.4 Å². The fraction of sp³-hybridized carbons (Fsp3) is 0.870. The van der Waals surface area contributed by atoms with Gasteiger partial charge in [-0.05, 0) is 73.0 Å². The van der Waals surface area contributed by atoms with Crippen LogP contribution in [0, 0.1) is 34.0 Å². The maximum absolute atomic E-state index is 12.9. The first-order chi connectivity index (χ1) is 12.5. The fourth-order valence-corrected chi connectivity index (χ4v) is 8.20. The summed E-state index contributed by atoms with van der Waals surface area (Å²) in [6, 6.07) is 0. The largest absolute Gasteiger partial charge is 0.393 e. The van der Waals surface area contributed by atoms with Crippen molar-refractivity contribution in [3.05, 3.63) is 11.6 Å². The van der Waals surface area contributed by atoms with E-state index in [0.29, 0.717) is 5.92 Å². The van der Waals surface area contributed by atoms with E-state index >= 15 is 0 Å². The fourth-order valence-electron chi connectivity index (χ4n) is 8.20. The van der Waals surface area contributed by atoms with Crippen LogP contribution < -0.4 is 0 Å². The number of carbonyl (C=O) groups excluding carboxylic acids is 1. The van der Waals surface area contributed by atoms with E-state index in [1.807, 2.05) is 14.1 Å². The number of nitrogens with zero attached hydrogens (tertiary/aromatic N) is 1. The molecular weight excluding hydrogens is 338 g/mol. The summed E-state index contributed by atoms with van der Waals surface area (Å²) in [7, 11) is 3.71. The highest BCUT2D eigenvalue weighted by molar-refractivity contribution is 5.79. The second kappa shape index (κ2) is 6.06. The van der Waals surface area contributed by atoms with Crippen molar-refractivity contribution < 1.29 is 15.0 Å². The molecule has 4 rings (SSSR count). The molecule has 3 fully saturated rings. The molecular formula is C23H37NO3. The normalized spacial score (nSPS) is 51.7. The lowest BCUT2D eigenvalue weighted by Crippen LogP contribution is -2.61. The number of rotatable bonds is 1. The van der Waals surface area contributed by atoms with Crippen LogP contribution >= 0.6 is 0 Å². The third-order valence-electron chi connectivity index (χ3n) is 9.28. The van der Waals surface area contributed by atoms with E-state index in [0.717, 1.165) is 44.9 Å². The molecule has 0 bridgehead atoms. The molecule has 0 radical (unpaired) electrons. The van der Waals surface area contributed by atoms with Crippen molar-refractivity contribution >= 4 is 5.91 Å². The van der Waals surface area contributed by atoms with Crippen LogP contribution in [0.5, 0.6) is 0 Å². The minimum Gasteiger partial charge on any atom is -0.393 e. The molecule has 0 saturated heterocycles. The zero-order valence-electron chi connectivity index (χ0n) is 17.7. The summed E-state index contributed by atoms with van der Waals surface area (Å²) < 4.78 is 0. The monoisotopic (exact) mass is 375 g/mol. The van der Waals surface area contributed by atoms with Crippen molar-refractivity contribution in [1.29, 1.82) is 0 Å². The molecule has 4 heteroatoms. The Morgan fingerprint density at radius 3 is 2.48 bits per heavy atom. The van der Waals surface area contributed by atoms with Crippen LogP contribution in [-0.4, -0.2) is 47.3 Å². The maximum atomic E-state index is 12.9. The molecule has 152 valence electrons. The Balaban J connectivity index is 1.75. The molecule has 4 nitrogen and oxygen atoms in total. The van der Waals surface area contributed by atoms with Gasteiger partial charge >= 0.3 is 0 Å². The van der Waals surface area contributed by atoms with Gasteiger partial charge in [-0.25, -0.2) is 0 Å². The van der Waals surface area contributed by atoms with Gasteiger partial charge in [0.05, 0.1) is 12.2 Å². The molecule has 0 aromatic carbocycles. The van der Waals surface area contributed by atoms with E-state index in [1.54, 1.807) is 4.90 Å². The molecule has 27 heavy (non-hydrogen) atoms. The van der Waals surface area contributed by atoms with E-state index in [4.69, 9.17) is 0 Å². The van der Waals surface area contributed by atoms with Crippen LogP contribution in [0.3, 0.4) is 0 Å². The Hall–Kier alpha value is -0.870. The van der Waals surface area contributed by atoms with E-state index < -0.39 is 0 Å². The number of aliphatic hydroxyl groups excluding tert-OH is 2. The summed E-state index contributed by atoms with van der Waals surface area (Å²) in [5, 5.41) is 21.7. The summed E-state index contributed by atoms with van der Waals surface area (Å²) >= 11 is 0. The Morgan fingerprint density at radius 1 is 1.11 bits per heavy atom. The summed E-state index contributed by atoms with van der Waals surface area (Å²) in [6.07, 6.45) is 8.06. The van der Waals surface area contributed by atoms with Crippen LogP contribution in [0.4, 0.5) is 0 Å². The number of aliphatic hydroxyl groups is 2. The molecule has 3 saturated carbocycles. The van der Waals surface area contributed by atoms with Gasteiger partial charge in [-0.2, -0.15) is 0 Å². The van der Waals surface area contributed by atoms with Gasteiger partial charge in [0.1, 0.15) is 0 Å². The third-order valence-corrected chi connectivity index (χ3v) is 9.28. The summed E-state index contributed by atoms with van der Waals surface area (Å²) in [5.41, 5.74) is 1.25. The Labute approximate surface area is 164 Å². The minimum atomic E-state index is -0.379. The van der Waals surface area contributed by atoms with Crippen molar-refractivity contribution in [2.24, 2.45) is 34.0 Å². The standard InChI is InChI=1S/C23H37NO3/c1-21-11-9-15(25)12-14(21)8-10-22(2)18-7-6-16(20(27)24(4)5)23(18,3)13-17(26)19(21)22/h8,15-19,25-26H,6-7,9-13H2,1-5H3. The highest BCUT2D eigenvalue weighted by Crippen LogP contribution is 2.71. The van der Waals surface area contributed by atoms with Crippen molar-refractivity contribution in [2.75, 3.05) is 14.1 Å². The van der Waals surface area contributed by atoms with Crippen molar-refractivity contribution in [3.63, 3.8) is 0 Å². The average molecular weight is 376 g/mol. The zero-order valence-corrected chi connectivity index (χ0v) is 17.7. The average Bonchev–Trinajstić information content (AvgIpc) is 2.92. The SMILES string of the molecule is CN(C)C(=O)C1CCC2C1(C)CC(O)C1C3(C)CCC(O)CC3=CCC12C. The van der Waals surface area contributed by atoms with E-state index in [-0.39, 0.29) is 46.2 Å². The molecule has 0 aromatic heterocycles. The summed E-state index contributed by atoms with van der Waals surface area (Å²) in [5.74, 6) is 0.946. The first-order valence-corrected chi connectivity index (χ1v) is 10.8. The van der Waals surface area contributed by atoms with Gasteiger partial charge in [0.25, 0.3) is 0 Å². The second-order valence-corrected chi connectivity index (χ2v) is 10.9. The predicted molar refractivity (Wildman–Crippen MR) is 106 cm³/mol. The molecule has 0 spiro atoms. The highest BCUT2D eigenvalue weighted by atomic mass is 16.3. The number of hydrogen-bond donors (Lipinski definition) is 2. The van der Waals surface area contributed by atoms with Crippen LogP contribution in [0.25, 0.3) is 0 Å². The van der Waals surface area contributed by atoms with Gasteiger partial charge in [-0.15, -0.1) is 0 Å². The lowest BCUT2D eigenvalue weighted by atomic mass is 9.41. The minimum absolute atomic E-state index is 0.0172. The van der Waals surface area contributed by atoms with Gasteiger partial charge in [-0.3, -0.25) is 4.79 Å². The molecule has 0 heterocycles. The smallest absolute Gasteiger partial charge is 0.225 e. The molecule has 4 aliphatic carbocycles. The lowest BCUT2D eigenvalue weighted by Gasteiger charge is -2.64. The van der Waals surface area contributed by atoms with E-state index in [2.05, 4.69) is 26.8 Å². The first-order valence-electron chi connectivity index (χ1n) is 10.8. The highest BCUT2D eigenvalue weighted by Gasteiger charge is 2.67. The number of amides is 1. The van der Waals surface area contributed by atoms with Crippen LogP contribution in [0.15, 0.2) is 11.6 Å². The van der Waals surface area contributed by atoms with Crippen molar-refractivity contribution in [2.45, 2.75) is 77.9 Å². The topological polar surface area (TPSA) is 60.8 Å². The number of allylic oxidation sites excluding steroid dienone is 1. The Bertz CT molecular complexity index is 673. The van der Waals surface area contributed by atoms with E-state index in [1.165, 1.54) is 5.57 Å². The molecule has 8 unspecified atom stereocenters.